The number of carbonyl (C=O) groups is 1. The van der Waals surface area contributed by atoms with Gasteiger partial charge in [-0.25, -0.2) is 0 Å². The summed E-state index contributed by atoms with van der Waals surface area (Å²) >= 11 is 0. The van der Waals surface area contributed by atoms with Crippen molar-refractivity contribution < 1.29 is 30.6 Å². The molecule has 2 aromatic rings. The number of halogens is 3. The van der Waals surface area contributed by atoms with E-state index in [2.05, 4.69) is 14.4 Å². The zero-order valence-electron chi connectivity index (χ0n) is 18.8. The average molecular weight is 497 g/mol. The highest BCUT2D eigenvalue weighted by molar-refractivity contribution is 7.88. The SMILES string of the molecule is Cc1ccccc1/C=C/C(=O)NCCCCN1CCc2ccc(OS(=O)(=O)C(F)(F)F)cc2C1. The van der Waals surface area contributed by atoms with Crippen LogP contribution in [0.2, 0.25) is 0 Å². The third kappa shape index (κ3) is 7.07. The summed E-state index contributed by atoms with van der Waals surface area (Å²) in [4.78, 5) is 14.1. The second-order valence-electron chi connectivity index (χ2n) is 8.13. The van der Waals surface area contributed by atoms with Crippen molar-refractivity contribution in [1.29, 1.82) is 0 Å². The zero-order valence-corrected chi connectivity index (χ0v) is 19.6. The number of carbonyl (C=O) groups excluding carboxylic acids is 1. The van der Waals surface area contributed by atoms with Crippen LogP contribution in [0.5, 0.6) is 5.75 Å². The minimum atomic E-state index is -5.69. The van der Waals surface area contributed by atoms with Crippen LogP contribution in [-0.4, -0.2) is 44.4 Å². The molecule has 1 heterocycles. The molecule has 0 saturated carbocycles. The molecule has 0 aromatic heterocycles. The van der Waals surface area contributed by atoms with E-state index in [1.165, 1.54) is 18.2 Å². The van der Waals surface area contributed by atoms with Gasteiger partial charge in [0, 0.05) is 25.7 Å². The predicted octanol–water partition coefficient (Wildman–Crippen LogP) is 4.19. The van der Waals surface area contributed by atoms with Gasteiger partial charge in [-0.05, 0) is 73.2 Å². The van der Waals surface area contributed by atoms with Gasteiger partial charge in [0.1, 0.15) is 5.75 Å². The molecule has 0 bridgehead atoms. The fourth-order valence-electron chi connectivity index (χ4n) is 3.68. The quantitative estimate of drug-likeness (QED) is 0.244. The lowest BCUT2D eigenvalue weighted by atomic mass is 9.99. The summed E-state index contributed by atoms with van der Waals surface area (Å²) in [6, 6.07) is 12.0. The van der Waals surface area contributed by atoms with Gasteiger partial charge in [-0.2, -0.15) is 21.6 Å². The topological polar surface area (TPSA) is 75.7 Å². The van der Waals surface area contributed by atoms with E-state index in [1.54, 1.807) is 12.1 Å². The molecule has 0 spiro atoms. The summed E-state index contributed by atoms with van der Waals surface area (Å²) in [5.41, 5.74) is -1.68. The molecule has 0 aliphatic carbocycles. The van der Waals surface area contributed by atoms with Crippen molar-refractivity contribution in [3.63, 3.8) is 0 Å². The molecule has 3 rings (SSSR count). The molecule has 0 atom stereocenters. The second-order valence-corrected chi connectivity index (χ2v) is 9.67. The van der Waals surface area contributed by atoms with Crippen molar-refractivity contribution in [3.8, 4) is 5.75 Å². The molecule has 10 heteroatoms. The molecule has 1 aliphatic heterocycles. The molecule has 1 aliphatic rings. The second kappa shape index (κ2) is 11.1. The number of hydrogen-bond acceptors (Lipinski definition) is 5. The molecule has 0 saturated heterocycles. The smallest absolute Gasteiger partial charge is 0.376 e. The third-order valence-electron chi connectivity index (χ3n) is 5.56. The van der Waals surface area contributed by atoms with Crippen LogP contribution in [-0.2, 0) is 27.9 Å². The fourth-order valence-corrected chi connectivity index (χ4v) is 4.13. The normalized spacial score (nSPS) is 14.7. The Morgan fingerprint density at radius 3 is 2.65 bits per heavy atom. The molecular formula is C24H27F3N2O4S. The van der Waals surface area contributed by atoms with Gasteiger partial charge < -0.3 is 9.50 Å². The summed E-state index contributed by atoms with van der Waals surface area (Å²) in [6.45, 7) is 4.55. The summed E-state index contributed by atoms with van der Waals surface area (Å²) in [5, 5.41) is 2.86. The molecule has 0 unspecified atom stereocenters. The number of alkyl halides is 3. The Morgan fingerprint density at radius 2 is 1.91 bits per heavy atom. The molecule has 1 amide bonds. The Kier molecular flexibility index (Phi) is 8.37. The van der Waals surface area contributed by atoms with Crippen LogP contribution in [0, 0.1) is 6.92 Å². The molecule has 34 heavy (non-hydrogen) atoms. The van der Waals surface area contributed by atoms with Gasteiger partial charge in [-0.3, -0.25) is 9.69 Å². The zero-order chi connectivity index (χ0) is 24.8. The monoisotopic (exact) mass is 496 g/mol. The van der Waals surface area contributed by atoms with Crippen molar-refractivity contribution in [2.45, 2.75) is 38.2 Å². The number of unbranched alkanes of at least 4 members (excludes halogenated alkanes) is 1. The van der Waals surface area contributed by atoms with E-state index in [4.69, 9.17) is 0 Å². The molecule has 6 nitrogen and oxygen atoms in total. The number of hydrogen-bond donors (Lipinski definition) is 1. The van der Waals surface area contributed by atoms with Gasteiger partial charge >= 0.3 is 15.6 Å². The van der Waals surface area contributed by atoms with Crippen molar-refractivity contribution in [1.82, 2.24) is 10.2 Å². The third-order valence-corrected chi connectivity index (χ3v) is 6.54. The van der Waals surface area contributed by atoms with E-state index in [1.807, 2.05) is 31.2 Å². The first-order chi connectivity index (χ1) is 16.0. The highest BCUT2D eigenvalue weighted by Gasteiger charge is 2.48. The molecule has 2 aromatic carbocycles. The Morgan fingerprint density at radius 1 is 1.15 bits per heavy atom. The van der Waals surface area contributed by atoms with E-state index in [0.29, 0.717) is 19.5 Å². The summed E-state index contributed by atoms with van der Waals surface area (Å²) in [7, 11) is -5.69. The Hall–Kier alpha value is -2.85. The van der Waals surface area contributed by atoms with Crippen molar-refractivity contribution >= 4 is 22.1 Å². The molecule has 1 N–H and O–H groups in total. The van der Waals surface area contributed by atoms with Crippen molar-refractivity contribution in [2.24, 2.45) is 0 Å². The lowest BCUT2D eigenvalue weighted by Crippen LogP contribution is -2.32. The van der Waals surface area contributed by atoms with Gasteiger partial charge in [0.2, 0.25) is 5.91 Å². The van der Waals surface area contributed by atoms with Crippen LogP contribution in [0.4, 0.5) is 13.2 Å². The standard InChI is InChI=1S/C24H27F3N2O4S/c1-18-6-2-3-7-19(18)9-11-23(30)28-13-4-5-14-29-15-12-20-8-10-22(16-21(20)17-29)33-34(31,32)24(25,26)27/h2-3,6-11,16H,4-5,12-15,17H2,1H3,(H,28,30)/b11-9+. The first kappa shape index (κ1) is 25.8. The predicted molar refractivity (Wildman–Crippen MR) is 123 cm³/mol. The van der Waals surface area contributed by atoms with Crippen LogP contribution in [0.1, 0.15) is 35.1 Å². The van der Waals surface area contributed by atoms with Gasteiger partial charge in [0.05, 0.1) is 0 Å². The van der Waals surface area contributed by atoms with Crippen LogP contribution >= 0.6 is 0 Å². The highest BCUT2D eigenvalue weighted by atomic mass is 32.2. The van der Waals surface area contributed by atoms with Crippen LogP contribution in [0.25, 0.3) is 6.08 Å². The number of benzene rings is 2. The number of nitrogens with zero attached hydrogens (tertiary/aromatic N) is 1. The molecule has 0 radical (unpaired) electrons. The number of fused-ring (bicyclic) bond motifs is 1. The van der Waals surface area contributed by atoms with Crippen molar-refractivity contribution in [3.05, 3.63) is 70.8 Å². The van der Waals surface area contributed by atoms with Crippen molar-refractivity contribution in [2.75, 3.05) is 19.6 Å². The number of rotatable bonds is 9. The molecular weight excluding hydrogens is 469 g/mol. The maximum absolute atomic E-state index is 12.6. The highest BCUT2D eigenvalue weighted by Crippen LogP contribution is 2.29. The maximum Gasteiger partial charge on any atom is 0.534 e. The summed E-state index contributed by atoms with van der Waals surface area (Å²) in [6.07, 6.45) is 5.62. The van der Waals surface area contributed by atoms with Crippen LogP contribution in [0.15, 0.2) is 48.5 Å². The van der Waals surface area contributed by atoms with E-state index in [9.17, 15) is 26.4 Å². The first-order valence-electron chi connectivity index (χ1n) is 10.9. The number of aryl methyl sites for hydroxylation is 1. The van der Waals surface area contributed by atoms with E-state index in [0.717, 1.165) is 48.2 Å². The summed E-state index contributed by atoms with van der Waals surface area (Å²) in [5.74, 6) is -0.504. The largest absolute Gasteiger partial charge is 0.534 e. The van der Waals surface area contributed by atoms with Gasteiger partial charge in [-0.1, -0.05) is 30.3 Å². The minimum absolute atomic E-state index is 0.156. The Labute approximate surface area is 197 Å². The van der Waals surface area contributed by atoms with Gasteiger partial charge in [-0.15, -0.1) is 0 Å². The molecule has 0 fully saturated rings. The van der Waals surface area contributed by atoms with Crippen LogP contribution in [0.3, 0.4) is 0 Å². The Balaban J connectivity index is 1.42. The van der Waals surface area contributed by atoms with Gasteiger partial charge in [0.25, 0.3) is 0 Å². The van der Waals surface area contributed by atoms with Crippen LogP contribution < -0.4 is 9.50 Å². The van der Waals surface area contributed by atoms with E-state index >= 15 is 0 Å². The number of nitrogens with one attached hydrogen (secondary N) is 1. The Bertz CT molecular complexity index is 1150. The minimum Gasteiger partial charge on any atom is -0.376 e. The molecule has 184 valence electrons. The fraction of sp³-hybridized carbons (Fsp3) is 0.375. The average Bonchev–Trinajstić information content (AvgIpc) is 2.77. The maximum atomic E-state index is 12.6. The first-order valence-corrected chi connectivity index (χ1v) is 12.3. The van der Waals surface area contributed by atoms with Gasteiger partial charge in [0.15, 0.2) is 0 Å². The lowest BCUT2D eigenvalue weighted by Gasteiger charge is -2.29. The van der Waals surface area contributed by atoms with E-state index in [-0.39, 0.29) is 11.7 Å². The summed E-state index contributed by atoms with van der Waals surface area (Å²) < 4.78 is 64.4. The number of amides is 1. The lowest BCUT2D eigenvalue weighted by molar-refractivity contribution is -0.116. The van der Waals surface area contributed by atoms with E-state index < -0.39 is 15.6 Å².